The summed E-state index contributed by atoms with van der Waals surface area (Å²) < 4.78 is 0. The number of nitrogens with zero attached hydrogens (tertiary/aromatic N) is 1. The molecular weight excluding hydrogens is 274 g/mol. The maximum absolute atomic E-state index is 5.75. The molecule has 1 unspecified atom stereocenters. The molecule has 0 aromatic carbocycles. The lowest BCUT2D eigenvalue weighted by Gasteiger charge is -2.12. The summed E-state index contributed by atoms with van der Waals surface area (Å²) in [4.78, 5) is 8.84. The first kappa shape index (κ1) is 13.2. The lowest BCUT2D eigenvalue weighted by atomic mass is 10.1. The smallest absolute Gasteiger partial charge is 0.0950 e. The topological polar surface area (TPSA) is 50.9 Å². The Hall–Kier alpha value is -0.750. The van der Waals surface area contributed by atoms with Crippen LogP contribution in [0.15, 0.2) is 6.07 Å². The van der Waals surface area contributed by atoms with Crippen molar-refractivity contribution < 1.29 is 0 Å². The molecule has 3 nitrogen and oxygen atoms in total. The molecule has 0 saturated heterocycles. The summed E-state index contributed by atoms with van der Waals surface area (Å²) in [5, 5.41) is 1.17. The van der Waals surface area contributed by atoms with Crippen molar-refractivity contribution in [3.8, 4) is 0 Å². The Morgan fingerprint density at radius 1 is 1.37 bits per heavy atom. The highest BCUT2D eigenvalue weighted by Gasteiger charge is 2.20. The zero-order valence-corrected chi connectivity index (χ0v) is 13.0. The maximum atomic E-state index is 5.75. The number of hydrogen-bond donors (Lipinski definition) is 2. The predicted molar refractivity (Wildman–Crippen MR) is 81.7 cm³/mol. The highest BCUT2D eigenvalue weighted by molar-refractivity contribution is 7.12. The molecule has 2 aromatic heterocycles. The van der Waals surface area contributed by atoms with Crippen LogP contribution in [0.3, 0.4) is 0 Å². The number of rotatable bonds is 4. The zero-order chi connectivity index (χ0) is 13.4. The summed E-state index contributed by atoms with van der Waals surface area (Å²) in [6.07, 6.45) is 4.67. The first-order chi connectivity index (χ1) is 9.17. The minimum atomic E-state index is 0.195. The lowest BCUT2D eigenvalue weighted by molar-refractivity contribution is 0.558. The summed E-state index contributed by atoms with van der Waals surface area (Å²) >= 11 is 3.70. The van der Waals surface area contributed by atoms with Crippen molar-refractivity contribution >= 4 is 22.7 Å². The van der Waals surface area contributed by atoms with Gasteiger partial charge in [-0.15, -0.1) is 22.7 Å². The molecule has 102 valence electrons. The highest BCUT2D eigenvalue weighted by atomic mass is 32.1. The second-order valence-corrected chi connectivity index (χ2v) is 7.58. The third-order valence-corrected chi connectivity index (χ3v) is 6.21. The quantitative estimate of drug-likeness (QED) is 0.673. The second-order valence-electron chi connectivity index (χ2n) is 5.12. The van der Waals surface area contributed by atoms with Crippen LogP contribution in [0.5, 0.6) is 0 Å². The fourth-order valence-corrected chi connectivity index (χ4v) is 4.86. The summed E-state index contributed by atoms with van der Waals surface area (Å²) in [7, 11) is 0. The molecule has 3 rings (SSSR count). The predicted octanol–water partition coefficient (Wildman–Crippen LogP) is 3.06. The van der Waals surface area contributed by atoms with Crippen LogP contribution in [-0.2, 0) is 19.3 Å². The van der Waals surface area contributed by atoms with Crippen LogP contribution in [-0.4, -0.2) is 4.98 Å². The van der Waals surface area contributed by atoms with Crippen LogP contribution in [0, 0.1) is 13.8 Å². The monoisotopic (exact) mass is 293 g/mol. The molecule has 0 bridgehead atoms. The number of nitrogens with two attached hydrogens (primary N) is 1. The summed E-state index contributed by atoms with van der Waals surface area (Å²) in [5.41, 5.74) is 5.64. The van der Waals surface area contributed by atoms with Gasteiger partial charge in [-0.3, -0.25) is 11.3 Å². The van der Waals surface area contributed by atoms with Crippen LogP contribution < -0.4 is 11.3 Å². The summed E-state index contributed by atoms with van der Waals surface area (Å²) in [5.74, 6) is 5.75. The van der Waals surface area contributed by atoms with E-state index in [0.29, 0.717) is 0 Å². The van der Waals surface area contributed by atoms with Crippen molar-refractivity contribution in [3.05, 3.63) is 37.0 Å². The number of thiophene rings is 1. The van der Waals surface area contributed by atoms with Gasteiger partial charge in [-0.05, 0) is 44.7 Å². The molecule has 0 fully saturated rings. The van der Waals surface area contributed by atoms with E-state index < -0.39 is 0 Å². The molecule has 0 spiro atoms. The second kappa shape index (κ2) is 5.32. The van der Waals surface area contributed by atoms with E-state index in [1.54, 1.807) is 16.2 Å². The Bertz CT molecular complexity index is 545. The highest BCUT2D eigenvalue weighted by Crippen LogP contribution is 2.35. The summed E-state index contributed by atoms with van der Waals surface area (Å²) in [6.45, 7) is 4.20. The molecule has 0 radical (unpaired) electrons. The fraction of sp³-hybridized carbons (Fsp3) is 0.500. The minimum absolute atomic E-state index is 0.195. The van der Waals surface area contributed by atoms with Crippen molar-refractivity contribution in [1.29, 1.82) is 0 Å². The van der Waals surface area contributed by atoms with Gasteiger partial charge in [-0.2, -0.15) is 0 Å². The molecule has 5 heteroatoms. The van der Waals surface area contributed by atoms with E-state index in [9.17, 15) is 0 Å². The van der Waals surface area contributed by atoms with E-state index in [1.807, 2.05) is 11.3 Å². The number of hydrazine groups is 1. The minimum Gasteiger partial charge on any atom is -0.271 e. The number of aryl methyl sites for hydroxylation is 4. The van der Waals surface area contributed by atoms with Crippen molar-refractivity contribution in [3.63, 3.8) is 0 Å². The van der Waals surface area contributed by atoms with Gasteiger partial charge in [0.05, 0.1) is 16.7 Å². The lowest BCUT2D eigenvalue weighted by Crippen LogP contribution is -2.29. The molecule has 0 saturated carbocycles. The standard InChI is InChI=1S/C14H19N3S2/c1-8-9(2)18-14(16-8)7-11(17-15)13-6-10-4-3-5-12(10)19-13/h6,11,17H,3-5,7,15H2,1-2H3. The van der Waals surface area contributed by atoms with E-state index in [2.05, 4.69) is 30.3 Å². The van der Waals surface area contributed by atoms with Gasteiger partial charge < -0.3 is 0 Å². The molecule has 1 aliphatic rings. The zero-order valence-electron chi connectivity index (χ0n) is 11.3. The van der Waals surface area contributed by atoms with Gasteiger partial charge in [0.1, 0.15) is 0 Å². The van der Waals surface area contributed by atoms with E-state index in [0.717, 1.165) is 12.1 Å². The molecule has 1 aliphatic carbocycles. The number of fused-ring (bicyclic) bond motifs is 1. The van der Waals surface area contributed by atoms with E-state index in [1.165, 1.54) is 39.6 Å². The summed E-state index contributed by atoms with van der Waals surface area (Å²) in [6, 6.07) is 2.53. The average molecular weight is 293 g/mol. The number of nitrogens with one attached hydrogen (secondary N) is 1. The largest absolute Gasteiger partial charge is 0.271 e. The Morgan fingerprint density at radius 3 is 2.84 bits per heavy atom. The van der Waals surface area contributed by atoms with Crippen molar-refractivity contribution in [2.24, 2.45) is 5.84 Å². The van der Waals surface area contributed by atoms with E-state index in [-0.39, 0.29) is 6.04 Å². The first-order valence-corrected chi connectivity index (χ1v) is 8.31. The first-order valence-electron chi connectivity index (χ1n) is 6.68. The fourth-order valence-electron chi connectivity index (χ4n) is 2.57. The molecule has 3 N–H and O–H groups in total. The number of thiazole rings is 1. The van der Waals surface area contributed by atoms with E-state index in [4.69, 9.17) is 5.84 Å². The third kappa shape index (κ3) is 2.60. The van der Waals surface area contributed by atoms with E-state index >= 15 is 0 Å². The molecule has 0 amide bonds. The Kier molecular flexibility index (Phi) is 3.71. The molecular formula is C14H19N3S2. The third-order valence-electron chi connectivity index (χ3n) is 3.76. The maximum Gasteiger partial charge on any atom is 0.0950 e. The van der Waals surface area contributed by atoms with Gasteiger partial charge in [-0.1, -0.05) is 0 Å². The Labute approximate surface area is 121 Å². The molecule has 1 atom stereocenters. The van der Waals surface area contributed by atoms with Crippen molar-refractivity contribution in [2.75, 3.05) is 0 Å². The van der Waals surface area contributed by atoms with Crippen LogP contribution >= 0.6 is 22.7 Å². The van der Waals surface area contributed by atoms with Gasteiger partial charge in [0.25, 0.3) is 0 Å². The van der Waals surface area contributed by atoms with Crippen LogP contribution in [0.25, 0.3) is 0 Å². The van der Waals surface area contributed by atoms with Crippen molar-refractivity contribution in [1.82, 2.24) is 10.4 Å². The number of hydrogen-bond acceptors (Lipinski definition) is 5. The van der Waals surface area contributed by atoms with Gasteiger partial charge in [-0.25, -0.2) is 4.98 Å². The Morgan fingerprint density at radius 2 is 2.21 bits per heavy atom. The SMILES string of the molecule is Cc1nc(CC(NN)c2cc3c(s2)CCC3)sc1C. The molecule has 2 heterocycles. The number of aromatic nitrogens is 1. The molecule has 19 heavy (non-hydrogen) atoms. The van der Waals surface area contributed by atoms with Crippen LogP contribution in [0.4, 0.5) is 0 Å². The van der Waals surface area contributed by atoms with Crippen LogP contribution in [0.2, 0.25) is 0 Å². The van der Waals surface area contributed by atoms with Gasteiger partial charge in [0.15, 0.2) is 0 Å². The average Bonchev–Trinajstić information content (AvgIpc) is 3.02. The molecule has 0 aliphatic heterocycles. The Balaban J connectivity index is 1.80. The molecule has 2 aromatic rings. The van der Waals surface area contributed by atoms with Crippen molar-refractivity contribution in [2.45, 2.75) is 45.6 Å². The van der Waals surface area contributed by atoms with Crippen LogP contribution in [0.1, 0.15) is 43.4 Å². The van der Waals surface area contributed by atoms with Gasteiger partial charge >= 0.3 is 0 Å². The normalized spacial score (nSPS) is 15.7. The van der Waals surface area contributed by atoms with Gasteiger partial charge in [0.2, 0.25) is 0 Å². The van der Waals surface area contributed by atoms with Gasteiger partial charge in [0, 0.05) is 21.1 Å².